The number of aliphatic carboxylic acids is 1. The third kappa shape index (κ3) is 4.61. The summed E-state index contributed by atoms with van der Waals surface area (Å²) in [4.78, 5) is 25.4. The maximum Gasteiger partial charge on any atom is 0.317 e. The van der Waals surface area contributed by atoms with Crippen LogP contribution in [0.15, 0.2) is 0 Å². The quantitative estimate of drug-likeness (QED) is 0.758. The van der Waals surface area contributed by atoms with Crippen molar-refractivity contribution in [3.63, 3.8) is 0 Å². The molecule has 0 aliphatic heterocycles. The lowest BCUT2D eigenvalue weighted by atomic mass is 9.72. The number of hydrogen-bond donors (Lipinski definition) is 2. The van der Waals surface area contributed by atoms with Crippen LogP contribution in [-0.4, -0.2) is 41.1 Å². The lowest BCUT2D eigenvalue weighted by Crippen LogP contribution is -2.47. The zero-order chi connectivity index (χ0) is 15.3. The highest BCUT2D eigenvalue weighted by Crippen LogP contribution is 2.39. The Hall–Kier alpha value is -1.26. The van der Waals surface area contributed by atoms with E-state index in [1.165, 1.54) is 6.42 Å². The van der Waals surface area contributed by atoms with E-state index < -0.39 is 5.97 Å². The van der Waals surface area contributed by atoms with Crippen molar-refractivity contribution in [2.75, 3.05) is 13.1 Å². The Morgan fingerprint density at radius 2 is 1.90 bits per heavy atom. The topological polar surface area (TPSA) is 69.6 Å². The molecule has 0 atom stereocenters. The Labute approximate surface area is 127 Å². The van der Waals surface area contributed by atoms with Crippen molar-refractivity contribution < 1.29 is 14.7 Å². The van der Waals surface area contributed by atoms with Gasteiger partial charge in [-0.15, -0.1) is 0 Å². The molecule has 2 aliphatic rings. The molecular formula is C16H28N2O3. The van der Waals surface area contributed by atoms with Gasteiger partial charge in [-0.1, -0.05) is 26.2 Å². The molecule has 0 radical (unpaired) electrons. The van der Waals surface area contributed by atoms with Crippen LogP contribution in [0.3, 0.4) is 0 Å². The van der Waals surface area contributed by atoms with Crippen LogP contribution in [-0.2, 0) is 4.79 Å². The normalized spacial score (nSPS) is 20.8. The van der Waals surface area contributed by atoms with Crippen LogP contribution in [0.25, 0.3) is 0 Å². The molecule has 2 saturated carbocycles. The smallest absolute Gasteiger partial charge is 0.317 e. The number of rotatable bonds is 7. The largest absolute Gasteiger partial charge is 0.481 e. The van der Waals surface area contributed by atoms with Gasteiger partial charge in [0, 0.05) is 19.1 Å². The standard InChI is InChI=1S/C16H28N2O3/c1-2-10-18(13-6-7-13)15(21)17-12-16(11-14(19)20)8-4-3-5-9-16/h13H,2-12H2,1H3,(H,17,21)(H,19,20). The summed E-state index contributed by atoms with van der Waals surface area (Å²) >= 11 is 0. The monoisotopic (exact) mass is 296 g/mol. The highest BCUT2D eigenvalue weighted by Gasteiger charge is 2.37. The van der Waals surface area contributed by atoms with Crippen molar-refractivity contribution in [2.24, 2.45) is 5.41 Å². The van der Waals surface area contributed by atoms with Gasteiger partial charge in [-0.05, 0) is 37.5 Å². The molecule has 0 spiro atoms. The molecule has 21 heavy (non-hydrogen) atoms. The number of carbonyl (C=O) groups excluding carboxylic acids is 1. The minimum absolute atomic E-state index is 0.00492. The van der Waals surface area contributed by atoms with Crippen molar-refractivity contribution in [3.05, 3.63) is 0 Å². The maximum absolute atomic E-state index is 12.4. The van der Waals surface area contributed by atoms with Gasteiger partial charge in [-0.2, -0.15) is 0 Å². The fourth-order valence-electron chi connectivity index (χ4n) is 3.48. The number of carboxylic acids is 1. The average molecular weight is 296 g/mol. The van der Waals surface area contributed by atoms with Crippen molar-refractivity contribution >= 4 is 12.0 Å². The minimum Gasteiger partial charge on any atom is -0.481 e. The summed E-state index contributed by atoms with van der Waals surface area (Å²) < 4.78 is 0. The van der Waals surface area contributed by atoms with E-state index in [4.69, 9.17) is 5.11 Å². The Morgan fingerprint density at radius 1 is 1.24 bits per heavy atom. The Bertz CT molecular complexity index is 374. The van der Waals surface area contributed by atoms with Crippen molar-refractivity contribution in [1.29, 1.82) is 0 Å². The Balaban J connectivity index is 1.90. The highest BCUT2D eigenvalue weighted by atomic mass is 16.4. The number of nitrogens with zero attached hydrogens (tertiary/aromatic N) is 1. The zero-order valence-electron chi connectivity index (χ0n) is 13.1. The van der Waals surface area contributed by atoms with Gasteiger partial charge in [-0.3, -0.25) is 4.79 Å². The van der Waals surface area contributed by atoms with E-state index in [1.54, 1.807) is 0 Å². The summed E-state index contributed by atoms with van der Waals surface area (Å²) in [6.45, 7) is 3.38. The fraction of sp³-hybridized carbons (Fsp3) is 0.875. The molecule has 5 nitrogen and oxygen atoms in total. The molecule has 0 aromatic rings. The van der Waals surface area contributed by atoms with Gasteiger partial charge in [0.1, 0.15) is 0 Å². The van der Waals surface area contributed by atoms with Gasteiger partial charge < -0.3 is 15.3 Å². The molecule has 0 aromatic heterocycles. The third-order valence-corrected chi connectivity index (χ3v) is 4.77. The first-order valence-corrected chi connectivity index (χ1v) is 8.32. The molecule has 120 valence electrons. The first-order valence-electron chi connectivity index (χ1n) is 8.32. The van der Waals surface area contributed by atoms with Crippen LogP contribution in [0.2, 0.25) is 0 Å². The molecule has 0 saturated heterocycles. The summed E-state index contributed by atoms with van der Waals surface area (Å²) in [5.74, 6) is -0.751. The summed E-state index contributed by atoms with van der Waals surface area (Å²) in [6, 6.07) is 0.404. The molecular weight excluding hydrogens is 268 g/mol. The van der Waals surface area contributed by atoms with E-state index in [1.807, 2.05) is 4.90 Å². The van der Waals surface area contributed by atoms with Crippen molar-refractivity contribution in [1.82, 2.24) is 10.2 Å². The van der Waals surface area contributed by atoms with E-state index in [2.05, 4.69) is 12.2 Å². The second kappa shape index (κ2) is 7.14. The Morgan fingerprint density at radius 3 is 2.43 bits per heavy atom. The van der Waals surface area contributed by atoms with Gasteiger partial charge >= 0.3 is 12.0 Å². The number of carbonyl (C=O) groups is 2. The van der Waals surface area contributed by atoms with Crippen LogP contribution in [0.5, 0.6) is 0 Å². The van der Waals surface area contributed by atoms with E-state index in [0.717, 1.165) is 51.5 Å². The number of amides is 2. The van der Waals surface area contributed by atoms with Gasteiger partial charge in [0.2, 0.25) is 0 Å². The lowest BCUT2D eigenvalue weighted by Gasteiger charge is -2.37. The predicted octanol–water partition coefficient (Wildman–Crippen LogP) is 3.00. The second-order valence-corrected chi connectivity index (χ2v) is 6.71. The molecule has 2 fully saturated rings. The summed E-state index contributed by atoms with van der Waals surface area (Å²) in [5.41, 5.74) is -0.235. The van der Waals surface area contributed by atoms with Crippen LogP contribution in [0.4, 0.5) is 4.79 Å². The average Bonchev–Trinajstić information content (AvgIpc) is 3.27. The van der Waals surface area contributed by atoms with Gasteiger partial charge in [0.15, 0.2) is 0 Å². The molecule has 0 unspecified atom stereocenters. The maximum atomic E-state index is 12.4. The summed E-state index contributed by atoms with van der Waals surface area (Å²) in [6.07, 6.45) is 8.50. The van der Waals surface area contributed by atoms with E-state index in [0.29, 0.717) is 12.6 Å². The van der Waals surface area contributed by atoms with Crippen LogP contribution < -0.4 is 5.32 Å². The zero-order valence-corrected chi connectivity index (χ0v) is 13.1. The van der Waals surface area contributed by atoms with Crippen LogP contribution in [0, 0.1) is 5.41 Å². The summed E-state index contributed by atoms with van der Waals surface area (Å²) in [5, 5.41) is 12.2. The molecule has 2 amide bonds. The molecule has 2 rings (SSSR count). The second-order valence-electron chi connectivity index (χ2n) is 6.71. The number of nitrogens with one attached hydrogen (secondary N) is 1. The molecule has 5 heteroatoms. The molecule has 0 aromatic carbocycles. The van der Waals surface area contributed by atoms with E-state index in [-0.39, 0.29) is 17.9 Å². The highest BCUT2D eigenvalue weighted by molar-refractivity contribution is 5.75. The van der Waals surface area contributed by atoms with Gasteiger partial charge in [0.05, 0.1) is 6.42 Å². The predicted molar refractivity (Wildman–Crippen MR) is 81.2 cm³/mol. The van der Waals surface area contributed by atoms with Crippen LogP contribution in [0.1, 0.15) is 64.7 Å². The first-order chi connectivity index (χ1) is 10.1. The Kier molecular flexibility index (Phi) is 5.48. The van der Waals surface area contributed by atoms with Gasteiger partial charge in [-0.25, -0.2) is 4.79 Å². The van der Waals surface area contributed by atoms with Crippen molar-refractivity contribution in [2.45, 2.75) is 70.8 Å². The van der Waals surface area contributed by atoms with Crippen molar-refractivity contribution in [3.8, 4) is 0 Å². The fourth-order valence-corrected chi connectivity index (χ4v) is 3.48. The SMILES string of the molecule is CCCN(C(=O)NCC1(CC(=O)O)CCCCC1)C1CC1. The minimum atomic E-state index is -0.751. The first kappa shape index (κ1) is 16.1. The molecule has 2 N–H and O–H groups in total. The summed E-state index contributed by atoms with van der Waals surface area (Å²) in [7, 11) is 0. The molecule has 0 heterocycles. The van der Waals surface area contributed by atoms with Gasteiger partial charge in [0.25, 0.3) is 0 Å². The van der Waals surface area contributed by atoms with Crippen LogP contribution >= 0.6 is 0 Å². The van der Waals surface area contributed by atoms with E-state index >= 15 is 0 Å². The molecule has 0 bridgehead atoms. The number of hydrogen-bond acceptors (Lipinski definition) is 2. The van der Waals surface area contributed by atoms with E-state index in [9.17, 15) is 9.59 Å². The molecule has 2 aliphatic carbocycles. The number of carboxylic acid groups (broad SMARTS) is 1. The lowest BCUT2D eigenvalue weighted by molar-refractivity contribution is -0.140. The third-order valence-electron chi connectivity index (χ3n) is 4.77. The number of urea groups is 1.